The number of nitriles is 1. The molecule has 17 heteroatoms. The standard InChI is InChI=1S/C25H22N8O7S2/c1-25(2,23(38)39)40-30-16(14-11-42-24(27)28-14)19(34)29-17-20(35)33-18(22(36)37)13(10-41-21(17)33)9-32-6-5-31-8-12(7-26)3-4-15(31)32/h3-6,8,11,17,21H,9-10H2,1-2H3,(H4-,27,28,29,34,36,37,38,39)/p+1/b30-16-/t17-,21+/m1/s1. The van der Waals surface area contributed by atoms with Crippen molar-refractivity contribution in [2.45, 2.75) is 37.4 Å². The molecule has 0 unspecified atom stereocenters. The van der Waals surface area contributed by atoms with Gasteiger partial charge in [0, 0.05) is 22.8 Å². The molecule has 1 fully saturated rings. The van der Waals surface area contributed by atoms with Crippen molar-refractivity contribution in [2.75, 3.05) is 11.5 Å². The van der Waals surface area contributed by atoms with E-state index in [0.717, 1.165) is 21.9 Å². The SMILES string of the molecule is CC(C)(O/N=C(\C(=O)N[C@@H]1C(=O)N2C(C(=O)O)=C(C[n+]3ccn4cc(C#N)ccc43)CS[C@@H]12)c1csc(N)n1)C(=O)O. The number of aromatic nitrogens is 3. The largest absolute Gasteiger partial charge is 0.478 e. The number of thioether (sulfide) groups is 1. The van der Waals surface area contributed by atoms with Gasteiger partial charge in [0.2, 0.25) is 5.60 Å². The maximum Gasteiger partial charge on any atom is 0.352 e. The fraction of sp³-hybridized carbons (Fsp3) is 0.280. The third-order valence-electron chi connectivity index (χ3n) is 6.54. The number of thiazole rings is 1. The molecule has 2 aliphatic heterocycles. The number of rotatable bonds is 9. The summed E-state index contributed by atoms with van der Waals surface area (Å²) in [6.45, 7) is 2.67. The molecule has 0 aromatic carbocycles. The Kier molecular flexibility index (Phi) is 7.34. The van der Waals surface area contributed by atoms with Crippen LogP contribution in [-0.4, -0.2) is 76.7 Å². The third kappa shape index (κ3) is 5.12. The molecule has 2 amide bonds. The summed E-state index contributed by atoms with van der Waals surface area (Å²) in [5.74, 6) is -3.85. The minimum Gasteiger partial charge on any atom is -0.478 e. The van der Waals surface area contributed by atoms with E-state index in [1.165, 1.54) is 31.0 Å². The zero-order valence-electron chi connectivity index (χ0n) is 22.0. The average molecular weight is 612 g/mol. The van der Waals surface area contributed by atoms with Crippen LogP contribution in [-0.2, 0) is 30.6 Å². The molecule has 0 radical (unpaired) electrons. The minimum atomic E-state index is -1.77. The number of pyridine rings is 1. The molecule has 1 saturated heterocycles. The minimum absolute atomic E-state index is 0.0169. The van der Waals surface area contributed by atoms with Gasteiger partial charge in [-0.3, -0.25) is 14.5 Å². The number of carbonyl (C=O) groups is 4. The first-order chi connectivity index (χ1) is 19.9. The van der Waals surface area contributed by atoms with E-state index >= 15 is 0 Å². The van der Waals surface area contributed by atoms with Crippen LogP contribution in [0, 0.1) is 11.3 Å². The van der Waals surface area contributed by atoms with E-state index in [4.69, 9.17) is 15.8 Å². The van der Waals surface area contributed by atoms with Gasteiger partial charge in [-0.05, 0) is 19.9 Å². The maximum atomic E-state index is 13.2. The Morgan fingerprint density at radius 3 is 2.76 bits per heavy atom. The van der Waals surface area contributed by atoms with Crippen LogP contribution in [0.1, 0.15) is 25.1 Å². The van der Waals surface area contributed by atoms with Gasteiger partial charge in [0.25, 0.3) is 17.5 Å². The quantitative estimate of drug-likeness (QED) is 0.111. The molecule has 0 saturated carbocycles. The number of β-lactam (4-membered cyclic amide) rings is 1. The second kappa shape index (κ2) is 10.8. The third-order valence-corrected chi connectivity index (χ3v) is 8.56. The molecule has 0 bridgehead atoms. The highest BCUT2D eigenvalue weighted by molar-refractivity contribution is 8.00. The predicted molar refractivity (Wildman–Crippen MR) is 148 cm³/mol. The number of nitrogens with two attached hydrogens (primary N) is 1. The molecule has 15 nitrogen and oxygen atoms in total. The van der Waals surface area contributed by atoms with Crippen molar-refractivity contribution < 1.29 is 38.8 Å². The number of nitrogens with zero attached hydrogens (tertiary/aromatic N) is 6. The van der Waals surface area contributed by atoms with Crippen LogP contribution in [0.3, 0.4) is 0 Å². The number of hydrogen-bond acceptors (Lipinski definition) is 11. The summed E-state index contributed by atoms with van der Waals surface area (Å²) >= 11 is 2.31. The molecule has 5 N–H and O–H groups in total. The van der Waals surface area contributed by atoms with Gasteiger partial charge in [0.1, 0.15) is 54.0 Å². The highest BCUT2D eigenvalue weighted by atomic mass is 32.2. The van der Waals surface area contributed by atoms with Gasteiger partial charge in [-0.2, -0.15) is 5.26 Å². The van der Waals surface area contributed by atoms with Gasteiger partial charge < -0.3 is 26.1 Å². The Morgan fingerprint density at radius 2 is 2.12 bits per heavy atom. The summed E-state index contributed by atoms with van der Waals surface area (Å²) < 4.78 is 3.56. The summed E-state index contributed by atoms with van der Waals surface area (Å²) in [5.41, 5.74) is 5.06. The summed E-state index contributed by atoms with van der Waals surface area (Å²) in [6, 6.07) is 4.38. The fourth-order valence-electron chi connectivity index (χ4n) is 4.32. The topological polar surface area (TPSA) is 217 Å². The number of nitrogen functional groups attached to an aromatic ring is 1. The number of anilines is 1. The second-order valence-electron chi connectivity index (χ2n) is 9.76. The first kappa shape index (κ1) is 28.6. The second-order valence-corrected chi connectivity index (χ2v) is 11.8. The van der Waals surface area contributed by atoms with Crippen molar-refractivity contribution >= 4 is 63.3 Å². The molecule has 3 aromatic heterocycles. The zero-order valence-corrected chi connectivity index (χ0v) is 23.7. The number of fused-ring (bicyclic) bond motifs is 2. The highest BCUT2D eigenvalue weighted by Crippen LogP contribution is 2.40. The Hall–Kier alpha value is -4.95. The van der Waals surface area contributed by atoms with E-state index in [-0.39, 0.29) is 28.8 Å². The Labute approximate surface area is 245 Å². The van der Waals surface area contributed by atoms with Crippen LogP contribution in [0.2, 0.25) is 0 Å². The molecular weight excluding hydrogens is 588 g/mol. The van der Waals surface area contributed by atoms with Crippen LogP contribution in [0.15, 0.2) is 52.5 Å². The molecule has 2 aliphatic rings. The lowest BCUT2D eigenvalue weighted by Gasteiger charge is -2.49. The summed E-state index contributed by atoms with van der Waals surface area (Å²) in [7, 11) is 0. The highest BCUT2D eigenvalue weighted by Gasteiger charge is 2.54. The van der Waals surface area contributed by atoms with Crippen LogP contribution in [0.4, 0.5) is 5.13 Å². The van der Waals surface area contributed by atoms with Gasteiger partial charge in [-0.15, -0.1) is 23.1 Å². The summed E-state index contributed by atoms with van der Waals surface area (Å²) in [4.78, 5) is 60.5. The van der Waals surface area contributed by atoms with Crippen LogP contribution < -0.4 is 15.6 Å². The van der Waals surface area contributed by atoms with Crippen LogP contribution in [0.5, 0.6) is 0 Å². The molecule has 2 atom stereocenters. The van der Waals surface area contributed by atoms with Gasteiger partial charge in [0.15, 0.2) is 10.8 Å². The smallest absolute Gasteiger partial charge is 0.352 e. The van der Waals surface area contributed by atoms with Crippen LogP contribution in [0.25, 0.3) is 5.65 Å². The normalized spacial score (nSPS) is 18.7. The molecule has 42 heavy (non-hydrogen) atoms. The van der Waals surface area contributed by atoms with Gasteiger partial charge in [-0.25, -0.2) is 23.5 Å². The van der Waals surface area contributed by atoms with E-state index in [2.05, 4.69) is 21.5 Å². The molecular formula is C25H23N8O7S2+. The first-order valence-electron chi connectivity index (χ1n) is 12.2. The van der Waals surface area contributed by atoms with Gasteiger partial charge in [0.05, 0.1) is 5.56 Å². The van der Waals surface area contributed by atoms with E-state index in [0.29, 0.717) is 11.1 Å². The number of carbonyl (C=O) groups excluding carboxylic acids is 2. The Morgan fingerprint density at radius 1 is 1.36 bits per heavy atom. The lowest BCUT2D eigenvalue weighted by molar-refractivity contribution is -0.662. The fourth-order valence-corrected chi connectivity index (χ4v) is 6.20. The van der Waals surface area contributed by atoms with Gasteiger partial charge in [-0.1, -0.05) is 5.16 Å². The number of nitrogens with one attached hydrogen (secondary N) is 1. The average Bonchev–Trinajstić information content (AvgIpc) is 3.56. The monoisotopic (exact) mass is 611 g/mol. The number of amides is 2. The van der Waals surface area contributed by atoms with Crippen molar-refractivity contribution in [2.24, 2.45) is 5.16 Å². The Balaban J connectivity index is 1.37. The molecule has 216 valence electrons. The number of aliphatic carboxylic acids is 2. The zero-order chi connectivity index (χ0) is 30.3. The predicted octanol–water partition coefficient (Wildman–Crippen LogP) is 0.160. The number of oxime groups is 1. The molecule has 5 heterocycles. The summed E-state index contributed by atoms with van der Waals surface area (Å²) in [6.07, 6.45) is 5.15. The molecule has 0 spiro atoms. The van der Waals surface area contributed by atoms with E-state index in [9.17, 15) is 29.4 Å². The van der Waals surface area contributed by atoms with E-state index < -0.39 is 46.5 Å². The van der Waals surface area contributed by atoms with Crippen molar-refractivity contribution in [3.63, 3.8) is 0 Å². The first-order valence-corrected chi connectivity index (χ1v) is 14.2. The van der Waals surface area contributed by atoms with Gasteiger partial charge >= 0.3 is 11.9 Å². The maximum absolute atomic E-state index is 13.2. The number of hydrogen-bond donors (Lipinski definition) is 4. The van der Waals surface area contributed by atoms with E-state index in [1.54, 1.807) is 35.1 Å². The number of carboxylic acids is 2. The number of imidazole rings is 1. The van der Waals surface area contributed by atoms with Crippen molar-refractivity contribution in [1.82, 2.24) is 19.6 Å². The van der Waals surface area contributed by atoms with Crippen molar-refractivity contribution in [1.29, 1.82) is 5.26 Å². The van der Waals surface area contributed by atoms with E-state index in [1.807, 2.05) is 4.57 Å². The molecule has 5 rings (SSSR count). The molecule has 0 aliphatic carbocycles. The van der Waals surface area contributed by atoms with Crippen molar-refractivity contribution in [3.05, 3.63) is 58.6 Å². The summed E-state index contributed by atoms with van der Waals surface area (Å²) in [5, 5.41) is 35.6. The lowest BCUT2D eigenvalue weighted by Crippen LogP contribution is -2.71. The van der Waals surface area contributed by atoms with Crippen molar-refractivity contribution in [3.8, 4) is 6.07 Å². The number of carboxylic acid groups (broad SMARTS) is 2. The lowest BCUT2D eigenvalue weighted by atomic mass is 10.0. The molecule has 3 aromatic rings. The Bertz CT molecular complexity index is 1750. The van der Waals surface area contributed by atoms with Crippen LogP contribution >= 0.6 is 23.1 Å².